The van der Waals surface area contributed by atoms with Gasteiger partial charge in [-0.1, -0.05) is 54.6 Å². The molecule has 5 rings (SSSR count). The highest BCUT2D eigenvalue weighted by Gasteiger charge is 2.32. The number of carbonyl (C=O) groups is 11. The average Bonchev–Trinajstić information content (AvgIpc) is 3.59. The first-order valence-electron chi connectivity index (χ1n) is 28.4. The van der Waals surface area contributed by atoms with Gasteiger partial charge in [-0.25, -0.2) is 14.4 Å². The van der Waals surface area contributed by atoms with Gasteiger partial charge in [0.15, 0.2) is 0 Å². The third kappa shape index (κ3) is 24.3. The summed E-state index contributed by atoms with van der Waals surface area (Å²) in [7, 11) is 0. The number of hydrogen-bond donors (Lipinski definition) is 12. The molecule has 1 heterocycles. The number of unbranched alkanes of at least 4 members (excludes halogenated alkanes) is 2. The van der Waals surface area contributed by atoms with Gasteiger partial charge in [0, 0.05) is 89.1 Å². The van der Waals surface area contributed by atoms with Gasteiger partial charge in [-0.3, -0.25) is 53.1 Å². The van der Waals surface area contributed by atoms with Crippen molar-refractivity contribution in [2.24, 2.45) is 11.8 Å². The quantitative estimate of drug-likeness (QED) is 0.0390. The lowest BCUT2D eigenvalue weighted by molar-refractivity contribution is -0.141. The molecule has 1 aliphatic carbocycles. The third-order valence-corrected chi connectivity index (χ3v) is 15.0. The molecule has 12 N–H and O–H groups in total. The Kier molecular flexibility index (Phi) is 27.3. The first-order chi connectivity index (χ1) is 40.1. The molecule has 2 unspecified atom stereocenters. The lowest BCUT2D eigenvalue weighted by Crippen LogP contribution is -2.51. The molecule has 1 saturated carbocycles. The number of carboxylic acids is 6. The van der Waals surface area contributed by atoms with Gasteiger partial charge >= 0.3 is 41.8 Å². The average molecular weight is 1170 g/mol. The maximum Gasteiger partial charge on any atom is 0.326 e. The number of nitrogens with zero attached hydrogens (tertiary/aromatic N) is 3. The highest BCUT2D eigenvalue weighted by Crippen LogP contribution is 2.29. The number of benzene rings is 3. The number of fused-ring (bicyclic) bond motifs is 1. The fraction of sp³-hybridized carbons (Fsp3) is 0.534. The smallest absolute Gasteiger partial charge is 0.326 e. The van der Waals surface area contributed by atoms with Gasteiger partial charge in [-0.05, 0) is 111 Å². The second kappa shape index (κ2) is 34.4. The van der Waals surface area contributed by atoms with Crippen molar-refractivity contribution >= 4 is 81.9 Å². The SMILES string of the molecule is O=C(O)CC[C@H](NC(=O)N[C@@H](CCCCNC(=O)C(Cc1ccc2ccccc2c1)NC(=O)C1CCC(CNC(=O)CCCCC(=O)Nc2ccc(CC3CN(CC(=O)O)CCN(CC(=O)O)CCN3CC(=O)O)cc2)CC1)C(=O)O)C(=O)O. The highest BCUT2D eigenvalue weighted by molar-refractivity contribution is 5.91. The fourth-order valence-electron chi connectivity index (χ4n) is 10.4. The Bertz CT molecular complexity index is 2760. The molecule has 26 heteroatoms. The number of hydrogen-bond acceptors (Lipinski definition) is 14. The monoisotopic (exact) mass is 1170 g/mol. The lowest BCUT2D eigenvalue weighted by Gasteiger charge is -2.33. The standard InChI is InChI=1S/C58H79N9O17/c68-48(10-3-4-11-49(69)61-43-20-15-37(16-21-43)30-44-33-66(35-52(74)75)26-25-65(34-51(72)73)27-28-67(44)36-53(76)77)60-32-38-12-18-41(19-13-38)54(78)62-47(31-39-14-17-40-7-1-2-8-42(40)29-39)55(79)59-24-6-5-9-45(56(80)81)63-58(84)64-46(57(82)83)22-23-50(70)71/h1-2,7-8,14-17,20-21,29,38,41,44-47H,3-6,9-13,18-19,22-28,30-36H2,(H,59,79)(H,60,68)(H,61,69)(H,62,78)(H,70,71)(H,72,73)(H,74,75)(H,76,77)(H,80,81)(H,82,83)(H2,63,64,84)/t38?,41?,44?,45-,46-,47?/m0/s1. The minimum Gasteiger partial charge on any atom is -0.481 e. The van der Waals surface area contributed by atoms with E-state index in [0.717, 1.165) is 21.9 Å². The number of carboxylic acid groups (broad SMARTS) is 6. The number of amides is 6. The first kappa shape index (κ1) is 66.6. The molecule has 1 saturated heterocycles. The Balaban J connectivity index is 1.02. The summed E-state index contributed by atoms with van der Waals surface area (Å²) in [6.45, 7) is 1.06. The molecule has 0 bridgehead atoms. The molecule has 1 aliphatic heterocycles. The molecule has 3 aromatic rings. The van der Waals surface area contributed by atoms with E-state index >= 15 is 0 Å². The Labute approximate surface area is 486 Å². The molecular weight excluding hydrogens is 1090 g/mol. The number of urea groups is 1. The van der Waals surface area contributed by atoms with Gasteiger partial charge in [0.1, 0.15) is 18.1 Å². The van der Waals surface area contributed by atoms with Crippen molar-refractivity contribution in [1.29, 1.82) is 0 Å². The summed E-state index contributed by atoms with van der Waals surface area (Å²) in [6, 6.07) is 15.2. The molecular formula is C58H79N9O17. The van der Waals surface area contributed by atoms with Crippen molar-refractivity contribution in [3.05, 3.63) is 77.9 Å². The van der Waals surface area contributed by atoms with E-state index in [2.05, 4.69) is 31.9 Å². The molecule has 2 fully saturated rings. The van der Waals surface area contributed by atoms with Crippen molar-refractivity contribution in [1.82, 2.24) is 41.3 Å². The number of nitrogens with one attached hydrogen (secondary N) is 6. The topological polar surface area (TPSA) is 391 Å². The molecule has 0 aromatic heterocycles. The van der Waals surface area contributed by atoms with Gasteiger partial charge in [0.25, 0.3) is 0 Å². The van der Waals surface area contributed by atoms with Gasteiger partial charge < -0.3 is 62.5 Å². The van der Waals surface area contributed by atoms with Crippen molar-refractivity contribution in [3.8, 4) is 0 Å². The van der Waals surface area contributed by atoms with Crippen LogP contribution in [0.3, 0.4) is 0 Å². The van der Waals surface area contributed by atoms with Crippen LogP contribution in [0.2, 0.25) is 0 Å². The van der Waals surface area contributed by atoms with Crippen LogP contribution in [0.1, 0.15) is 94.6 Å². The maximum atomic E-state index is 13.8. The van der Waals surface area contributed by atoms with Gasteiger partial charge in [-0.15, -0.1) is 0 Å². The largest absolute Gasteiger partial charge is 0.481 e. The van der Waals surface area contributed by atoms with Crippen LogP contribution in [-0.2, 0) is 60.8 Å². The second-order valence-corrected chi connectivity index (χ2v) is 21.6. The summed E-state index contributed by atoms with van der Waals surface area (Å²) < 4.78 is 0. The first-order valence-corrected chi connectivity index (χ1v) is 28.4. The summed E-state index contributed by atoms with van der Waals surface area (Å²) in [5.74, 6) is -8.62. The van der Waals surface area contributed by atoms with Gasteiger partial charge in [0.2, 0.25) is 23.6 Å². The van der Waals surface area contributed by atoms with E-state index in [4.69, 9.17) is 5.11 Å². The Morgan fingerprint density at radius 2 is 1.13 bits per heavy atom. The van der Waals surface area contributed by atoms with Crippen LogP contribution in [0.5, 0.6) is 0 Å². The minimum absolute atomic E-state index is 0.0655. The molecule has 2 aliphatic rings. The Morgan fingerprint density at radius 1 is 0.536 bits per heavy atom. The van der Waals surface area contributed by atoms with E-state index in [1.54, 1.807) is 26.8 Å². The maximum absolute atomic E-state index is 13.8. The second-order valence-electron chi connectivity index (χ2n) is 21.6. The zero-order valence-electron chi connectivity index (χ0n) is 47.0. The predicted molar refractivity (Wildman–Crippen MR) is 305 cm³/mol. The van der Waals surface area contributed by atoms with Crippen molar-refractivity contribution in [2.75, 3.05) is 70.8 Å². The van der Waals surface area contributed by atoms with Crippen LogP contribution >= 0.6 is 0 Å². The molecule has 458 valence electrons. The highest BCUT2D eigenvalue weighted by atomic mass is 16.4. The summed E-state index contributed by atoms with van der Waals surface area (Å²) in [5.41, 5.74) is 2.19. The molecule has 84 heavy (non-hydrogen) atoms. The van der Waals surface area contributed by atoms with Gasteiger partial charge in [0.05, 0.1) is 19.6 Å². The summed E-state index contributed by atoms with van der Waals surface area (Å²) >= 11 is 0. The molecule has 26 nitrogen and oxygen atoms in total. The third-order valence-electron chi connectivity index (χ3n) is 15.0. The summed E-state index contributed by atoms with van der Waals surface area (Å²) in [4.78, 5) is 140. The molecule has 4 atom stereocenters. The van der Waals surface area contributed by atoms with E-state index in [1.807, 2.05) is 54.6 Å². The van der Waals surface area contributed by atoms with E-state index < -0.39 is 84.8 Å². The summed E-state index contributed by atoms with van der Waals surface area (Å²) in [6.07, 6.45) is 3.84. The van der Waals surface area contributed by atoms with E-state index in [1.165, 1.54) is 0 Å². The van der Waals surface area contributed by atoms with Gasteiger partial charge in [-0.2, -0.15) is 0 Å². The van der Waals surface area contributed by atoms with Crippen LogP contribution in [0.15, 0.2) is 66.7 Å². The van der Waals surface area contributed by atoms with Crippen LogP contribution in [0, 0.1) is 11.8 Å². The predicted octanol–water partition coefficient (Wildman–Crippen LogP) is 2.43. The van der Waals surface area contributed by atoms with Crippen LogP contribution in [0.25, 0.3) is 10.8 Å². The lowest BCUT2D eigenvalue weighted by atomic mass is 9.81. The number of aliphatic carboxylic acids is 6. The fourth-order valence-corrected chi connectivity index (χ4v) is 10.4. The zero-order chi connectivity index (χ0) is 61.1. The van der Waals surface area contributed by atoms with E-state index in [9.17, 15) is 78.3 Å². The Hall–Kier alpha value is -8.23. The number of anilines is 1. The van der Waals surface area contributed by atoms with Crippen LogP contribution in [0.4, 0.5) is 10.5 Å². The molecule has 0 radical (unpaired) electrons. The van der Waals surface area contributed by atoms with E-state index in [0.29, 0.717) is 70.1 Å². The molecule has 3 aromatic carbocycles. The van der Waals surface area contributed by atoms with Crippen LogP contribution < -0.4 is 31.9 Å². The normalized spacial score (nSPS) is 18.0. The van der Waals surface area contributed by atoms with Crippen molar-refractivity contribution in [3.63, 3.8) is 0 Å². The van der Waals surface area contributed by atoms with Crippen molar-refractivity contribution in [2.45, 2.75) is 120 Å². The Morgan fingerprint density at radius 3 is 1.77 bits per heavy atom. The number of rotatable bonds is 33. The minimum atomic E-state index is -1.55. The molecule has 6 amide bonds. The van der Waals surface area contributed by atoms with E-state index in [-0.39, 0.29) is 114 Å². The van der Waals surface area contributed by atoms with Crippen molar-refractivity contribution < 1.29 is 83.4 Å². The molecule has 0 spiro atoms. The number of carbonyl (C=O) groups excluding carboxylic acids is 5. The van der Waals surface area contributed by atoms with Crippen LogP contribution in [-0.4, -0.2) is 200 Å². The summed E-state index contributed by atoms with van der Waals surface area (Å²) in [5, 5.41) is 74.5. The zero-order valence-corrected chi connectivity index (χ0v) is 47.0.